The number of nitro benzene ring substituents is 1. The van der Waals surface area contributed by atoms with E-state index in [1.165, 1.54) is 17.4 Å². The number of hydrogen-bond donors (Lipinski definition) is 1. The lowest BCUT2D eigenvalue weighted by molar-refractivity contribution is -0.385. The van der Waals surface area contributed by atoms with Crippen LogP contribution < -0.4 is 0 Å². The van der Waals surface area contributed by atoms with Crippen molar-refractivity contribution in [2.45, 2.75) is 36.4 Å². The number of fused-ring (bicyclic) bond motifs is 1. The molecule has 0 fully saturated rings. The van der Waals surface area contributed by atoms with E-state index in [-0.39, 0.29) is 5.69 Å². The Morgan fingerprint density at radius 1 is 1.30 bits per heavy atom. The van der Waals surface area contributed by atoms with Crippen LogP contribution in [0.1, 0.15) is 36.8 Å². The molecule has 0 spiro atoms. The minimum Gasteiger partial charge on any atom is -0.481 e. The summed E-state index contributed by atoms with van der Waals surface area (Å²) in [6.07, 6.45) is 0.959. The van der Waals surface area contributed by atoms with Crippen molar-refractivity contribution < 1.29 is 23.8 Å². The van der Waals surface area contributed by atoms with Crippen LogP contribution in [-0.4, -0.2) is 27.0 Å². The fourth-order valence-electron chi connectivity index (χ4n) is 2.99. The van der Waals surface area contributed by atoms with E-state index in [0.717, 1.165) is 23.2 Å². The van der Waals surface area contributed by atoms with Gasteiger partial charge in [-0.25, -0.2) is 4.98 Å². The van der Waals surface area contributed by atoms with Crippen LogP contribution in [0.15, 0.2) is 46.8 Å². The molecule has 3 rings (SSSR count). The first-order valence-corrected chi connectivity index (χ1v) is 10.7. The molecule has 0 aliphatic carbocycles. The van der Waals surface area contributed by atoms with Crippen molar-refractivity contribution in [3.8, 4) is 0 Å². The molecule has 3 aromatic rings. The van der Waals surface area contributed by atoms with Crippen LogP contribution in [0.25, 0.3) is 10.2 Å². The second kappa shape index (κ2) is 9.68. The van der Waals surface area contributed by atoms with E-state index in [0.29, 0.717) is 27.4 Å². The van der Waals surface area contributed by atoms with Gasteiger partial charge in [-0.2, -0.15) is 0 Å². The van der Waals surface area contributed by atoms with Crippen molar-refractivity contribution in [3.63, 3.8) is 0 Å². The van der Waals surface area contributed by atoms with Crippen molar-refractivity contribution in [3.05, 3.63) is 63.7 Å². The predicted octanol–water partition coefficient (Wildman–Crippen LogP) is 4.97. The molecule has 0 saturated heterocycles. The molecule has 0 aliphatic heterocycles. The standard InChI is InChI=1S/C20H18N2O6S2/c1-2-6-13-9-17-15(11-16(13)22(26)27)21-20(29-17)30-28-19(25)14(10-18(23)24)12-7-4-3-5-8-12/h3-5,7-9,11,14H,2,6,10H2,1H3,(H,23,24). The molecule has 1 unspecified atom stereocenters. The fraction of sp³-hybridized carbons (Fsp3) is 0.250. The van der Waals surface area contributed by atoms with Gasteiger partial charge in [0.05, 0.1) is 27.5 Å². The summed E-state index contributed by atoms with van der Waals surface area (Å²) in [4.78, 5) is 38.9. The van der Waals surface area contributed by atoms with Crippen LogP contribution >= 0.6 is 23.4 Å². The lowest BCUT2D eigenvalue weighted by atomic mass is 9.96. The summed E-state index contributed by atoms with van der Waals surface area (Å²) in [7, 11) is 0. The highest BCUT2D eigenvalue weighted by Gasteiger charge is 2.26. The molecule has 0 bridgehead atoms. The van der Waals surface area contributed by atoms with Gasteiger partial charge in [0.2, 0.25) is 0 Å². The molecule has 156 valence electrons. The van der Waals surface area contributed by atoms with Gasteiger partial charge < -0.3 is 9.29 Å². The predicted molar refractivity (Wildman–Crippen MR) is 114 cm³/mol. The Balaban J connectivity index is 1.79. The third-order valence-corrected chi connectivity index (χ3v) is 6.09. The highest BCUT2D eigenvalue weighted by atomic mass is 32.2. The van der Waals surface area contributed by atoms with Gasteiger partial charge in [0, 0.05) is 11.6 Å². The molecular weight excluding hydrogens is 428 g/mol. The van der Waals surface area contributed by atoms with Crippen molar-refractivity contribution in [2.75, 3.05) is 0 Å². The number of nitrogens with zero attached hydrogens (tertiary/aromatic N) is 2. The zero-order chi connectivity index (χ0) is 21.7. The van der Waals surface area contributed by atoms with Gasteiger partial charge in [-0.1, -0.05) is 43.7 Å². The summed E-state index contributed by atoms with van der Waals surface area (Å²) in [6, 6.07) is 11.7. The number of rotatable bonds is 9. The maximum absolute atomic E-state index is 12.5. The van der Waals surface area contributed by atoms with E-state index < -0.39 is 29.2 Å². The van der Waals surface area contributed by atoms with Crippen molar-refractivity contribution in [2.24, 2.45) is 0 Å². The zero-order valence-electron chi connectivity index (χ0n) is 15.9. The number of benzene rings is 2. The van der Waals surface area contributed by atoms with E-state index in [1.54, 1.807) is 36.4 Å². The first-order chi connectivity index (χ1) is 14.4. The zero-order valence-corrected chi connectivity index (χ0v) is 17.6. The molecule has 10 heteroatoms. The summed E-state index contributed by atoms with van der Waals surface area (Å²) in [5.41, 5.74) is 1.66. The minimum atomic E-state index is -1.11. The smallest absolute Gasteiger partial charge is 0.326 e. The van der Waals surface area contributed by atoms with Gasteiger partial charge >= 0.3 is 11.9 Å². The molecule has 0 radical (unpaired) electrons. The lowest BCUT2D eigenvalue weighted by Gasteiger charge is -2.12. The molecule has 1 heterocycles. The molecule has 1 aromatic heterocycles. The fourth-order valence-corrected chi connectivity index (χ4v) is 4.65. The molecule has 0 aliphatic rings. The van der Waals surface area contributed by atoms with Gasteiger partial charge in [0.1, 0.15) is 12.0 Å². The second-order valence-electron chi connectivity index (χ2n) is 6.48. The largest absolute Gasteiger partial charge is 0.481 e. The van der Waals surface area contributed by atoms with Crippen LogP contribution in [0.5, 0.6) is 0 Å². The van der Waals surface area contributed by atoms with Gasteiger partial charge in [0.25, 0.3) is 5.69 Å². The van der Waals surface area contributed by atoms with Crippen LogP contribution in [-0.2, 0) is 20.2 Å². The summed E-state index contributed by atoms with van der Waals surface area (Å²) >= 11 is 1.99. The summed E-state index contributed by atoms with van der Waals surface area (Å²) in [5, 5.41) is 20.5. The summed E-state index contributed by atoms with van der Waals surface area (Å²) in [5.74, 6) is -2.74. The number of carbonyl (C=O) groups is 2. The highest BCUT2D eigenvalue weighted by Crippen LogP contribution is 2.35. The molecular formula is C20H18N2O6S2. The van der Waals surface area contributed by atoms with E-state index in [4.69, 9.17) is 9.29 Å². The first kappa shape index (κ1) is 21.7. The SMILES string of the molecule is CCCc1cc2sc(SOC(=O)C(CC(=O)O)c3ccccc3)nc2cc1[N+](=O)[O-]. The first-order valence-electron chi connectivity index (χ1n) is 9.12. The average Bonchev–Trinajstić information content (AvgIpc) is 3.12. The Labute approximate surface area is 180 Å². The lowest BCUT2D eigenvalue weighted by Crippen LogP contribution is -2.17. The van der Waals surface area contributed by atoms with Crippen molar-refractivity contribution >= 4 is 51.2 Å². The van der Waals surface area contributed by atoms with Gasteiger partial charge in [-0.3, -0.25) is 19.7 Å². The molecule has 1 atom stereocenters. The summed E-state index contributed by atoms with van der Waals surface area (Å²) < 4.78 is 6.42. The molecule has 8 nitrogen and oxygen atoms in total. The number of hydrogen-bond acceptors (Lipinski definition) is 8. The van der Waals surface area contributed by atoms with Crippen LogP contribution in [0.4, 0.5) is 5.69 Å². The Bertz CT molecular complexity index is 1080. The third kappa shape index (κ3) is 5.14. The number of thiazole rings is 1. The second-order valence-corrected chi connectivity index (χ2v) is 8.49. The van der Waals surface area contributed by atoms with Crippen molar-refractivity contribution in [1.82, 2.24) is 4.98 Å². The number of aromatic nitrogens is 1. The van der Waals surface area contributed by atoms with Crippen LogP contribution in [0, 0.1) is 10.1 Å². The molecule has 1 N–H and O–H groups in total. The van der Waals surface area contributed by atoms with Gasteiger partial charge in [-0.15, -0.1) is 11.3 Å². The van der Waals surface area contributed by atoms with E-state index in [9.17, 15) is 19.7 Å². The quantitative estimate of drug-likeness (QED) is 0.278. The highest BCUT2D eigenvalue weighted by molar-refractivity contribution is 7.97. The third-order valence-electron chi connectivity index (χ3n) is 4.35. The summed E-state index contributed by atoms with van der Waals surface area (Å²) in [6.45, 7) is 1.95. The minimum absolute atomic E-state index is 0.0220. The van der Waals surface area contributed by atoms with E-state index >= 15 is 0 Å². The van der Waals surface area contributed by atoms with Gasteiger partial charge in [0.15, 0.2) is 4.34 Å². The number of carbonyl (C=O) groups excluding carboxylic acids is 1. The number of carboxylic acids is 1. The molecule has 0 amide bonds. The molecule has 2 aromatic carbocycles. The monoisotopic (exact) mass is 446 g/mol. The maximum Gasteiger partial charge on any atom is 0.326 e. The maximum atomic E-state index is 12.5. The van der Waals surface area contributed by atoms with Crippen LogP contribution in [0.2, 0.25) is 0 Å². The number of nitro groups is 1. The molecule has 0 saturated carbocycles. The Morgan fingerprint density at radius 3 is 2.67 bits per heavy atom. The number of aliphatic carboxylic acids is 1. The van der Waals surface area contributed by atoms with Crippen molar-refractivity contribution in [1.29, 1.82) is 0 Å². The molecule has 30 heavy (non-hydrogen) atoms. The van der Waals surface area contributed by atoms with Gasteiger partial charge in [-0.05, 0) is 18.1 Å². The van der Waals surface area contributed by atoms with E-state index in [2.05, 4.69) is 4.98 Å². The Kier molecular flexibility index (Phi) is 7.01. The normalized spacial score (nSPS) is 11.9. The Morgan fingerprint density at radius 2 is 2.03 bits per heavy atom. The van der Waals surface area contributed by atoms with Crippen LogP contribution in [0.3, 0.4) is 0 Å². The number of carboxylic acid groups (broad SMARTS) is 1. The topological polar surface area (TPSA) is 120 Å². The Hall–Kier alpha value is -2.98. The average molecular weight is 447 g/mol. The number of aryl methyl sites for hydroxylation is 1. The van der Waals surface area contributed by atoms with E-state index in [1.807, 2.05) is 6.92 Å².